The van der Waals surface area contributed by atoms with Crippen molar-refractivity contribution in [1.82, 2.24) is 9.13 Å². The summed E-state index contributed by atoms with van der Waals surface area (Å²) in [5, 5.41) is 18.1. The first-order valence-corrected chi connectivity index (χ1v) is 16.3. The van der Waals surface area contributed by atoms with Crippen LogP contribution in [-0.4, -0.2) is 9.13 Å². The maximum atomic E-state index is 9.73. The molecule has 7 aromatic carbocycles. The summed E-state index contributed by atoms with van der Waals surface area (Å²) in [7, 11) is 0. The summed E-state index contributed by atoms with van der Waals surface area (Å²) in [4.78, 5) is 3.69. The normalized spacial score (nSPS) is 12.0. The SMILES string of the molecule is [C-]#[N+]c1ccc2c(c1)c1ccccc1n2-c1ccc2oc3ccc(-n4c5ccccc5c5ccc6oc7ccc(C#N)cc7c6c54)cc3c2c1. The molecule has 0 spiro atoms. The Hall–Kier alpha value is -7.28. The van der Waals surface area contributed by atoms with Gasteiger partial charge in [0, 0.05) is 43.7 Å². The summed E-state index contributed by atoms with van der Waals surface area (Å²) in [5.74, 6) is 0. The highest BCUT2D eigenvalue weighted by molar-refractivity contribution is 6.25. The molecule has 0 N–H and O–H groups in total. The number of nitrogens with zero attached hydrogens (tertiary/aromatic N) is 4. The van der Waals surface area contributed by atoms with Crippen molar-refractivity contribution in [1.29, 1.82) is 5.26 Å². The number of hydrogen-bond acceptors (Lipinski definition) is 3. The van der Waals surface area contributed by atoms with Crippen molar-refractivity contribution in [3.63, 3.8) is 0 Å². The third-order valence-electron chi connectivity index (χ3n) is 10.1. The Morgan fingerprint density at radius 1 is 0.500 bits per heavy atom. The molecule has 11 aromatic rings. The number of para-hydroxylation sites is 2. The highest BCUT2D eigenvalue weighted by Crippen LogP contribution is 2.42. The van der Waals surface area contributed by atoms with E-state index < -0.39 is 0 Å². The first-order chi connectivity index (χ1) is 24.7. The molecule has 0 bridgehead atoms. The summed E-state index contributed by atoms with van der Waals surface area (Å²) in [6, 6.07) is 47.5. The van der Waals surface area contributed by atoms with Gasteiger partial charge in [-0.1, -0.05) is 42.5 Å². The van der Waals surface area contributed by atoms with Crippen LogP contribution in [0.4, 0.5) is 5.69 Å². The predicted octanol–water partition coefficient (Wildman–Crippen LogP) is 12.1. The van der Waals surface area contributed by atoms with Gasteiger partial charge in [-0.3, -0.25) is 0 Å². The molecule has 0 saturated carbocycles. The van der Waals surface area contributed by atoms with Gasteiger partial charge in [0.25, 0.3) is 0 Å². The third kappa shape index (κ3) is 3.49. The molecule has 6 nitrogen and oxygen atoms in total. The van der Waals surface area contributed by atoms with Crippen LogP contribution in [0.1, 0.15) is 5.56 Å². The van der Waals surface area contributed by atoms with Gasteiger partial charge in [0.15, 0.2) is 5.69 Å². The molecule has 0 aliphatic heterocycles. The molecule has 0 aliphatic carbocycles. The van der Waals surface area contributed by atoms with Crippen LogP contribution >= 0.6 is 0 Å². The minimum absolute atomic E-state index is 0.594. The highest BCUT2D eigenvalue weighted by Gasteiger charge is 2.21. The van der Waals surface area contributed by atoms with E-state index in [0.29, 0.717) is 11.3 Å². The number of benzene rings is 7. The minimum atomic E-state index is 0.594. The summed E-state index contributed by atoms with van der Waals surface area (Å²) in [6.07, 6.45) is 0. The summed E-state index contributed by atoms with van der Waals surface area (Å²) >= 11 is 0. The second-order valence-corrected chi connectivity index (χ2v) is 12.7. The first kappa shape index (κ1) is 26.8. The van der Waals surface area contributed by atoms with Crippen molar-refractivity contribution >= 4 is 93.2 Å². The zero-order valence-electron chi connectivity index (χ0n) is 26.3. The monoisotopic (exact) mass is 638 g/mol. The standard InChI is InChI=1S/C44H22N4O2/c1-46-26-11-15-38-32(21-26)30-7-3-4-8-36(30)47(38)27-12-17-39-33(22-27)34-23-28(13-18-40(34)49-39)48-37-9-5-2-6-29(37)31-14-19-42-43(44(31)48)35-20-25(24-45)10-16-41(35)50-42/h2-23H. The maximum Gasteiger partial charge on any atom is 0.188 e. The van der Waals surface area contributed by atoms with Crippen molar-refractivity contribution in [3.8, 4) is 17.4 Å². The van der Waals surface area contributed by atoms with Crippen LogP contribution in [0, 0.1) is 17.9 Å². The van der Waals surface area contributed by atoms with Crippen LogP contribution in [0.15, 0.2) is 142 Å². The van der Waals surface area contributed by atoms with E-state index in [1.165, 1.54) is 0 Å². The van der Waals surface area contributed by atoms with E-state index >= 15 is 0 Å². The van der Waals surface area contributed by atoms with Crippen LogP contribution in [-0.2, 0) is 0 Å². The van der Waals surface area contributed by atoms with Crippen LogP contribution < -0.4 is 0 Å². The van der Waals surface area contributed by atoms with E-state index in [1.807, 2.05) is 48.5 Å². The van der Waals surface area contributed by atoms with Gasteiger partial charge in [0.1, 0.15) is 22.3 Å². The Morgan fingerprint density at radius 3 is 1.84 bits per heavy atom. The van der Waals surface area contributed by atoms with Gasteiger partial charge in [0.05, 0.1) is 45.7 Å². The van der Waals surface area contributed by atoms with Crippen molar-refractivity contribution in [2.45, 2.75) is 0 Å². The molecule has 0 aliphatic rings. The fourth-order valence-corrected chi connectivity index (χ4v) is 8.00. The summed E-state index contributed by atoms with van der Waals surface area (Å²) < 4.78 is 17.3. The average molecular weight is 639 g/mol. The maximum absolute atomic E-state index is 9.73. The molecule has 0 radical (unpaired) electrons. The lowest BCUT2D eigenvalue weighted by Gasteiger charge is -2.10. The summed E-state index contributed by atoms with van der Waals surface area (Å²) in [6.45, 7) is 7.58. The molecule has 0 fully saturated rings. The van der Waals surface area contributed by atoms with E-state index in [2.05, 4.69) is 98.9 Å². The number of furan rings is 2. The van der Waals surface area contributed by atoms with Gasteiger partial charge < -0.3 is 18.0 Å². The lowest BCUT2D eigenvalue weighted by atomic mass is 10.1. The number of hydrogen-bond donors (Lipinski definition) is 0. The molecular formula is C44H22N4O2. The summed E-state index contributed by atoms with van der Waals surface area (Å²) in [5.41, 5.74) is 10.6. The van der Waals surface area contributed by atoms with Crippen molar-refractivity contribution in [3.05, 3.63) is 150 Å². The lowest BCUT2D eigenvalue weighted by molar-refractivity contribution is 0.668. The van der Waals surface area contributed by atoms with Crippen LogP contribution in [0.5, 0.6) is 0 Å². The molecule has 0 atom stereocenters. The smallest absolute Gasteiger partial charge is 0.188 e. The number of rotatable bonds is 2. The van der Waals surface area contributed by atoms with E-state index in [-0.39, 0.29) is 0 Å². The molecule has 0 unspecified atom stereocenters. The average Bonchev–Trinajstić information content (AvgIpc) is 3.91. The van der Waals surface area contributed by atoms with Crippen LogP contribution in [0.25, 0.3) is 104 Å². The Labute approximate surface area is 283 Å². The predicted molar refractivity (Wildman–Crippen MR) is 201 cm³/mol. The molecule has 0 amide bonds. The second-order valence-electron chi connectivity index (χ2n) is 12.7. The number of nitriles is 1. The van der Waals surface area contributed by atoms with Gasteiger partial charge in [-0.25, -0.2) is 4.85 Å². The molecule has 50 heavy (non-hydrogen) atoms. The van der Waals surface area contributed by atoms with Gasteiger partial charge in [0.2, 0.25) is 0 Å². The minimum Gasteiger partial charge on any atom is -0.456 e. The van der Waals surface area contributed by atoms with Gasteiger partial charge in [-0.05, 0) is 96.4 Å². The number of fused-ring (bicyclic) bond motifs is 13. The van der Waals surface area contributed by atoms with Crippen molar-refractivity contribution in [2.75, 3.05) is 0 Å². The van der Waals surface area contributed by atoms with E-state index in [1.54, 1.807) is 6.07 Å². The molecule has 4 heterocycles. The van der Waals surface area contributed by atoms with Gasteiger partial charge >= 0.3 is 0 Å². The van der Waals surface area contributed by atoms with Crippen LogP contribution in [0.3, 0.4) is 0 Å². The Bertz CT molecular complexity index is 3360. The topological polar surface area (TPSA) is 64.3 Å². The molecule has 4 aromatic heterocycles. The molecular weight excluding hydrogens is 617 g/mol. The van der Waals surface area contributed by atoms with Crippen molar-refractivity contribution in [2.24, 2.45) is 0 Å². The molecule has 11 rings (SSSR count). The van der Waals surface area contributed by atoms with Gasteiger partial charge in [-0.15, -0.1) is 0 Å². The Morgan fingerprint density at radius 2 is 1.10 bits per heavy atom. The number of aromatic nitrogens is 2. The Kier molecular flexibility index (Phi) is 5.16. The molecule has 230 valence electrons. The largest absolute Gasteiger partial charge is 0.456 e. The zero-order valence-corrected chi connectivity index (χ0v) is 26.3. The Balaban J connectivity index is 1.20. The quantitative estimate of drug-likeness (QED) is 0.177. The fraction of sp³-hybridized carbons (Fsp3) is 0. The fourth-order valence-electron chi connectivity index (χ4n) is 8.00. The van der Waals surface area contributed by atoms with Crippen molar-refractivity contribution < 1.29 is 8.83 Å². The third-order valence-corrected chi connectivity index (χ3v) is 10.1. The lowest BCUT2D eigenvalue weighted by Crippen LogP contribution is -1.94. The van der Waals surface area contributed by atoms with E-state index in [0.717, 1.165) is 98.9 Å². The van der Waals surface area contributed by atoms with Crippen LogP contribution in [0.2, 0.25) is 0 Å². The zero-order chi connectivity index (χ0) is 33.1. The van der Waals surface area contributed by atoms with Gasteiger partial charge in [-0.2, -0.15) is 5.26 Å². The molecule has 0 saturated heterocycles. The van der Waals surface area contributed by atoms with E-state index in [4.69, 9.17) is 15.4 Å². The highest BCUT2D eigenvalue weighted by atomic mass is 16.3. The molecule has 6 heteroatoms. The second kappa shape index (κ2) is 9.64. The van der Waals surface area contributed by atoms with E-state index in [9.17, 15) is 5.26 Å². The first-order valence-electron chi connectivity index (χ1n) is 16.3.